The molecule has 4 rings (SSSR count). The molecule has 1 fully saturated rings. The molecule has 0 amide bonds. The highest BCUT2D eigenvalue weighted by Crippen LogP contribution is 2.30. The van der Waals surface area contributed by atoms with Gasteiger partial charge < -0.3 is 15.4 Å². The maximum absolute atomic E-state index is 14.5. The number of nitrogens with zero attached hydrogens (tertiary/aromatic N) is 4. The fourth-order valence-corrected chi connectivity index (χ4v) is 3.75. The van der Waals surface area contributed by atoms with Crippen molar-refractivity contribution >= 4 is 40.4 Å². The third-order valence-electron chi connectivity index (χ3n) is 5.20. The van der Waals surface area contributed by atoms with E-state index in [9.17, 15) is 4.39 Å². The van der Waals surface area contributed by atoms with Gasteiger partial charge in [-0.15, -0.1) is 0 Å². The number of pyridine rings is 2. The first-order valence-electron chi connectivity index (χ1n) is 9.60. The lowest BCUT2D eigenvalue weighted by atomic mass is 10.0. The van der Waals surface area contributed by atoms with E-state index in [1.54, 1.807) is 12.1 Å². The van der Waals surface area contributed by atoms with Gasteiger partial charge in [-0.3, -0.25) is 10.4 Å². The highest BCUT2D eigenvalue weighted by atomic mass is 35.5. The third-order valence-corrected chi connectivity index (χ3v) is 5.85. The van der Waals surface area contributed by atoms with Crippen LogP contribution < -0.4 is 15.4 Å². The number of nitrogens with two attached hydrogens (primary N) is 1. The number of nitrogens with one attached hydrogen (secondary N) is 1. The molecular weight excluding hydrogens is 454 g/mol. The van der Waals surface area contributed by atoms with Gasteiger partial charge in [-0.2, -0.15) is 5.26 Å². The molecule has 2 aromatic heterocycles. The zero-order chi connectivity index (χ0) is 22.8. The normalized spacial score (nSPS) is 15.1. The molecule has 10 heteroatoms. The predicted octanol–water partition coefficient (Wildman–Crippen LogP) is 4.60. The predicted molar refractivity (Wildman–Crippen MR) is 121 cm³/mol. The fourth-order valence-electron chi connectivity index (χ4n) is 3.28. The van der Waals surface area contributed by atoms with Crippen molar-refractivity contribution in [2.24, 2.45) is 0 Å². The van der Waals surface area contributed by atoms with Crippen molar-refractivity contribution in [1.82, 2.24) is 9.97 Å². The van der Waals surface area contributed by atoms with E-state index >= 15 is 0 Å². The minimum atomic E-state index is -0.672. The van der Waals surface area contributed by atoms with Gasteiger partial charge in [-0.25, -0.2) is 9.37 Å². The SMILES string of the molecule is N#CC1CCN1c1ccc(C(=N)c2cc(OCc3c(Cl)cncc3Cl)c(F)cc2N)cn1. The summed E-state index contributed by atoms with van der Waals surface area (Å²) in [6.07, 6.45) is 5.18. The van der Waals surface area contributed by atoms with Crippen LogP contribution in [0.1, 0.15) is 23.1 Å². The zero-order valence-corrected chi connectivity index (χ0v) is 18.2. The number of ether oxygens (including phenoxy) is 1. The molecule has 1 aliphatic heterocycles. The molecule has 0 bridgehead atoms. The molecule has 1 saturated heterocycles. The molecule has 1 unspecified atom stereocenters. The maximum Gasteiger partial charge on any atom is 0.167 e. The number of hydrogen-bond acceptors (Lipinski definition) is 7. The van der Waals surface area contributed by atoms with Crippen molar-refractivity contribution in [2.75, 3.05) is 17.2 Å². The van der Waals surface area contributed by atoms with Crippen LogP contribution in [0.4, 0.5) is 15.9 Å². The Balaban J connectivity index is 1.56. The molecule has 1 aliphatic rings. The molecule has 1 atom stereocenters. The number of rotatable bonds is 6. The van der Waals surface area contributed by atoms with Gasteiger partial charge >= 0.3 is 0 Å². The van der Waals surface area contributed by atoms with Gasteiger partial charge in [0, 0.05) is 53.6 Å². The summed E-state index contributed by atoms with van der Waals surface area (Å²) in [7, 11) is 0. The van der Waals surface area contributed by atoms with Crippen LogP contribution in [0.15, 0.2) is 42.9 Å². The zero-order valence-electron chi connectivity index (χ0n) is 16.6. The second-order valence-electron chi connectivity index (χ2n) is 7.15. The number of aromatic nitrogens is 2. The average molecular weight is 471 g/mol. The van der Waals surface area contributed by atoms with E-state index in [0.717, 1.165) is 19.0 Å². The summed E-state index contributed by atoms with van der Waals surface area (Å²) in [6.45, 7) is 0.680. The Labute approximate surface area is 193 Å². The quantitative estimate of drug-likeness (QED) is 0.402. The molecule has 3 heterocycles. The van der Waals surface area contributed by atoms with Gasteiger partial charge in [-0.05, 0) is 24.6 Å². The molecular formula is C22H17Cl2FN6O. The van der Waals surface area contributed by atoms with Gasteiger partial charge in [0.25, 0.3) is 0 Å². The van der Waals surface area contributed by atoms with E-state index in [0.29, 0.717) is 32.6 Å². The molecule has 0 radical (unpaired) electrons. The van der Waals surface area contributed by atoms with Crippen LogP contribution in [0.25, 0.3) is 0 Å². The molecule has 0 spiro atoms. The summed E-state index contributed by atoms with van der Waals surface area (Å²) in [5, 5.41) is 18.2. The highest BCUT2D eigenvalue weighted by molar-refractivity contribution is 6.35. The Kier molecular flexibility index (Phi) is 6.12. The Morgan fingerprint density at radius 2 is 2.03 bits per heavy atom. The molecule has 0 aliphatic carbocycles. The molecule has 1 aromatic carbocycles. The lowest BCUT2D eigenvalue weighted by Gasteiger charge is -2.37. The van der Waals surface area contributed by atoms with Crippen LogP contribution in [0.3, 0.4) is 0 Å². The number of halogens is 3. The van der Waals surface area contributed by atoms with Crippen molar-refractivity contribution in [1.29, 1.82) is 10.7 Å². The second-order valence-corrected chi connectivity index (χ2v) is 7.96. The second kappa shape index (κ2) is 8.99. The van der Waals surface area contributed by atoms with Gasteiger partial charge in [0.15, 0.2) is 11.6 Å². The van der Waals surface area contributed by atoms with E-state index in [2.05, 4.69) is 16.0 Å². The van der Waals surface area contributed by atoms with Crippen LogP contribution in [0.2, 0.25) is 10.0 Å². The first-order valence-corrected chi connectivity index (χ1v) is 10.4. The van der Waals surface area contributed by atoms with Gasteiger partial charge in [0.1, 0.15) is 18.5 Å². The van der Waals surface area contributed by atoms with Crippen LogP contribution >= 0.6 is 23.2 Å². The monoisotopic (exact) mass is 470 g/mol. The molecule has 7 nitrogen and oxygen atoms in total. The molecule has 32 heavy (non-hydrogen) atoms. The smallest absolute Gasteiger partial charge is 0.167 e. The maximum atomic E-state index is 14.5. The number of hydrogen-bond donors (Lipinski definition) is 2. The lowest BCUT2D eigenvalue weighted by Crippen LogP contribution is -2.47. The largest absolute Gasteiger partial charge is 0.486 e. The highest BCUT2D eigenvalue weighted by Gasteiger charge is 2.28. The van der Waals surface area contributed by atoms with Gasteiger partial charge in [0.2, 0.25) is 0 Å². The van der Waals surface area contributed by atoms with Gasteiger partial charge in [0.05, 0.1) is 21.8 Å². The van der Waals surface area contributed by atoms with Crippen molar-refractivity contribution in [3.8, 4) is 11.8 Å². The van der Waals surface area contributed by atoms with Crippen molar-refractivity contribution in [2.45, 2.75) is 19.1 Å². The average Bonchev–Trinajstić information content (AvgIpc) is 2.74. The van der Waals surface area contributed by atoms with E-state index in [-0.39, 0.29) is 29.8 Å². The number of anilines is 2. The Hall–Kier alpha value is -3.41. The third kappa shape index (κ3) is 4.17. The van der Waals surface area contributed by atoms with Crippen LogP contribution in [-0.2, 0) is 6.61 Å². The summed E-state index contributed by atoms with van der Waals surface area (Å²) >= 11 is 12.2. The number of nitrogen functional groups attached to an aromatic ring is 1. The fraction of sp³-hybridized carbons (Fsp3) is 0.182. The van der Waals surface area contributed by atoms with E-state index in [1.165, 1.54) is 24.7 Å². The Bertz CT molecular complexity index is 1210. The standard InChI is InChI=1S/C22H17Cl2FN6O/c23-16-9-29-10-17(24)15(16)11-32-20-5-14(19(27)6-18(20)25)22(28)12-1-2-21(30-8-12)31-4-3-13(31)7-26/h1-2,5-6,8-10,13,28H,3-4,11,27H2. The molecule has 162 valence electrons. The number of benzene rings is 1. The minimum absolute atomic E-state index is 0.0619. The minimum Gasteiger partial charge on any atom is -0.486 e. The summed E-state index contributed by atoms with van der Waals surface area (Å²) in [5.41, 5.74) is 7.39. The van der Waals surface area contributed by atoms with Crippen LogP contribution in [-0.4, -0.2) is 28.3 Å². The summed E-state index contributed by atoms with van der Waals surface area (Å²) < 4.78 is 20.0. The molecule has 3 N–H and O–H groups in total. The Morgan fingerprint density at radius 1 is 1.28 bits per heavy atom. The first kappa shape index (κ1) is 21.8. The topological polar surface area (TPSA) is 112 Å². The van der Waals surface area contributed by atoms with Crippen molar-refractivity contribution < 1.29 is 9.13 Å². The van der Waals surface area contributed by atoms with E-state index < -0.39 is 5.82 Å². The first-order chi connectivity index (χ1) is 15.4. The van der Waals surface area contributed by atoms with Crippen molar-refractivity contribution in [3.05, 3.63) is 75.4 Å². The summed E-state index contributed by atoms with van der Waals surface area (Å²) in [6, 6.07) is 7.98. The number of nitriles is 1. The molecule has 0 saturated carbocycles. The van der Waals surface area contributed by atoms with Gasteiger partial charge in [-0.1, -0.05) is 23.2 Å². The van der Waals surface area contributed by atoms with E-state index in [4.69, 9.17) is 44.3 Å². The summed E-state index contributed by atoms with van der Waals surface area (Å²) in [5.74, 6) is -0.0966. The van der Waals surface area contributed by atoms with Crippen LogP contribution in [0, 0.1) is 22.6 Å². The lowest BCUT2D eigenvalue weighted by molar-refractivity contribution is 0.290. The van der Waals surface area contributed by atoms with Crippen LogP contribution in [0.5, 0.6) is 5.75 Å². The molecule has 3 aromatic rings. The summed E-state index contributed by atoms with van der Waals surface area (Å²) in [4.78, 5) is 10.1. The van der Waals surface area contributed by atoms with E-state index in [1.807, 2.05) is 4.90 Å². The Morgan fingerprint density at radius 3 is 2.62 bits per heavy atom. The van der Waals surface area contributed by atoms with Crippen molar-refractivity contribution in [3.63, 3.8) is 0 Å².